The average molecular weight is 651 g/mol. The summed E-state index contributed by atoms with van der Waals surface area (Å²) >= 11 is 0. The molecule has 0 radical (unpaired) electrons. The van der Waals surface area contributed by atoms with Crippen LogP contribution in [0.5, 0.6) is 0 Å². The van der Waals surface area contributed by atoms with Gasteiger partial charge in [-0.15, -0.1) is 0 Å². The number of hydrogen-bond donors (Lipinski definition) is 2. The SMILES string of the molecule is CC(C)n1cnc2cc(-c3ccc4c(c3)N([C@H]3C[C@@H](N5CCCCC5)C3)C(=O)C43CCN(C(=O)[C@@H]4CCNC4)CC3)nc(NC3CC3)c21. The molecule has 0 unspecified atom stereocenters. The molecule has 1 aromatic carbocycles. The molecule has 2 aromatic heterocycles. The standard InChI is InChI=1S/C38H50N8O2/c1-24(2)45-23-40-32-21-31(42-35(34(32)45)41-27-7-8-27)25-6-9-30-33(18-25)46(29-19-28(20-29)43-14-4-3-5-15-43)37(48)38(30)11-16-44(17-12-38)36(47)26-10-13-39-22-26/h6,9,18,21,23-24,26-29,39H,3-5,7-8,10-17,19-20,22H2,1-2H3,(H,41,42)/t26-,28-,29+/m1/s1. The summed E-state index contributed by atoms with van der Waals surface area (Å²) in [6, 6.07) is 10.3. The summed E-state index contributed by atoms with van der Waals surface area (Å²) in [6.07, 6.45) is 12.5. The Bertz CT molecular complexity index is 1720. The van der Waals surface area contributed by atoms with Crippen molar-refractivity contribution in [2.45, 2.75) is 108 Å². The van der Waals surface area contributed by atoms with E-state index in [-0.39, 0.29) is 29.8 Å². The Balaban J connectivity index is 1.06. The van der Waals surface area contributed by atoms with Crippen LogP contribution in [0.4, 0.5) is 11.5 Å². The third-order valence-corrected chi connectivity index (χ3v) is 12.4. The number of amides is 2. The Morgan fingerprint density at radius 2 is 1.79 bits per heavy atom. The highest BCUT2D eigenvalue weighted by Crippen LogP contribution is 2.52. The maximum Gasteiger partial charge on any atom is 0.238 e. The number of benzene rings is 1. The molecule has 1 spiro atoms. The largest absolute Gasteiger partial charge is 0.366 e. The number of pyridine rings is 1. The molecule has 4 aliphatic heterocycles. The van der Waals surface area contributed by atoms with Crippen LogP contribution in [0.25, 0.3) is 22.3 Å². The quantitative estimate of drug-likeness (QED) is 0.368. The van der Waals surface area contributed by atoms with Gasteiger partial charge in [-0.1, -0.05) is 18.6 Å². The van der Waals surface area contributed by atoms with E-state index < -0.39 is 5.41 Å². The molecule has 2 N–H and O–H groups in total. The first kappa shape index (κ1) is 30.6. The fraction of sp³-hybridized carbons (Fsp3) is 0.632. The molecule has 2 aliphatic carbocycles. The zero-order valence-electron chi connectivity index (χ0n) is 28.6. The second-order valence-corrected chi connectivity index (χ2v) is 15.8. The minimum Gasteiger partial charge on any atom is -0.366 e. The summed E-state index contributed by atoms with van der Waals surface area (Å²) < 4.78 is 2.21. The van der Waals surface area contributed by atoms with Crippen LogP contribution in [0.15, 0.2) is 30.6 Å². The summed E-state index contributed by atoms with van der Waals surface area (Å²) in [5.41, 5.74) is 5.56. The molecule has 0 bridgehead atoms. The second-order valence-electron chi connectivity index (χ2n) is 15.8. The van der Waals surface area contributed by atoms with E-state index in [9.17, 15) is 9.59 Å². The Kier molecular flexibility index (Phi) is 7.53. The maximum atomic E-state index is 14.8. The van der Waals surface area contributed by atoms with Crippen molar-refractivity contribution in [3.05, 3.63) is 36.2 Å². The predicted molar refractivity (Wildman–Crippen MR) is 188 cm³/mol. The molecule has 10 heteroatoms. The van der Waals surface area contributed by atoms with Crippen LogP contribution >= 0.6 is 0 Å². The number of fused-ring (bicyclic) bond motifs is 3. The third-order valence-electron chi connectivity index (χ3n) is 12.4. The van der Waals surface area contributed by atoms with Gasteiger partial charge in [0.25, 0.3) is 0 Å². The second kappa shape index (κ2) is 11.8. The maximum absolute atomic E-state index is 14.8. The van der Waals surface area contributed by atoms with Crippen LogP contribution in [-0.2, 0) is 15.0 Å². The Hall–Kier alpha value is -3.50. The van der Waals surface area contributed by atoms with E-state index in [1.165, 1.54) is 45.2 Å². The molecule has 2 saturated carbocycles. The van der Waals surface area contributed by atoms with Crippen LogP contribution in [0.2, 0.25) is 0 Å². The molecule has 1 atom stereocenters. The van der Waals surface area contributed by atoms with Crippen LogP contribution in [0, 0.1) is 5.92 Å². The minimum absolute atomic E-state index is 0.0717. The van der Waals surface area contributed by atoms with Gasteiger partial charge in [0.05, 0.1) is 28.9 Å². The number of hydrogen-bond acceptors (Lipinski definition) is 7. The van der Waals surface area contributed by atoms with Gasteiger partial charge in [0, 0.05) is 55.1 Å². The monoisotopic (exact) mass is 650 g/mol. The normalized spacial score (nSPS) is 27.2. The van der Waals surface area contributed by atoms with Crippen molar-refractivity contribution >= 4 is 34.4 Å². The number of aromatic nitrogens is 3. The highest BCUT2D eigenvalue weighted by atomic mass is 16.2. The third kappa shape index (κ3) is 5.04. The fourth-order valence-electron chi connectivity index (χ4n) is 9.30. The molecule has 9 rings (SSSR count). The Morgan fingerprint density at radius 3 is 2.50 bits per heavy atom. The topological polar surface area (TPSA) is 98.6 Å². The van der Waals surface area contributed by atoms with Gasteiger partial charge in [0.2, 0.25) is 11.8 Å². The zero-order chi connectivity index (χ0) is 32.6. The highest BCUT2D eigenvalue weighted by molar-refractivity contribution is 6.09. The molecule has 254 valence electrons. The summed E-state index contributed by atoms with van der Waals surface area (Å²) in [5.74, 6) is 1.48. The first-order valence-corrected chi connectivity index (χ1v) is 18.8. The highest BCUT2D eigenvalue weighted by Gasteiger charge is 2.56. The van der Waals surface area contributed by atoms with Crippen molar-refractivity contribution < 1.29 is 9.59 Å². The zero-order valence-corrected chi connectivity index (χ0v) is 28.6. The van der Waals surface area contributed by atoms with Gasteiger partial charge in [-0.25, -0.2) is 9.97 Å². The van der Waals surface area contributed by atoms with Crippen LogP contribution < -0.4 is 15.5 Å². The van der Waals surface area contributed by atoms with Crippen molar-refractivity contribution in [2.75, 3.05) is 49.5 Å². The number of piperidine rings is 2. The van der Waals surface area contributed by atoms with E-state index in [1.54, 1.807) is 0 Å². The molecular weight excluding hydrogens is 600 g/mol. The van der Waals surface area contributed by atoms with Crippen molar-refractivity contribution in [3.63, 3.8) is 0 Å². The van der Waals surface area contributed by atoms with Crippen LogP contribution in [0.1, 0.15) is 89.7 Å². The van der Waals surface area contributed by atoms with E-state index in [4.69, 9.17) is 9.97 Å². The van der Waals surface area contributed by atoms with Gasteiger partial charge >= 0.3 is 0 Å². The number of anilines is 2. The van der Waals surface area contributed by atoms with Crippen LogP contribution in [0.3, 0.4) is 0 Å². The number of likely N-dealkylation sites (tertiary alicyclic amines) is 2. The van der Waals surface area contributed by atoms with E-state index >= 15 is 0 Å². The van der Waals surface area contributed by atoms with Crippen molar-refractivity contribution in [3.8, 4) is 11.3 Å². The van der Waals surface area contributed by atoms with E-state index in [0.29, 0.717) is 38.0 Å². The van der Waals surface area contributed by atoms with E-state index in [1.807, 2.05) is 11.2 Å². The van der Waals surface area contributed by atoms with Crippen molar-refractivity contribution in [1.82, 2.24) is 29.7 Å². The number of carbonyl (C=O) groups is 2. The number of nitrogens with one attached hydrogen (secondary N) is 2. The molecule has 5 fully saturated rings. The van der Waals surface area contributed by atoms with Gasteiger partial charge in [-0.05, 0) is 109 Å². The smallest absolute Gasteiger partial charge is 0.238 e. The Labute approximate surface area is 283 Å². The minimum atomic E-state index is -0.569. The van der Waals surface area contributed by atoms with E-state index in [0.717, 1.165) is 71.7 Å². The molecule has 3 aromatic rings. The lowest BCUT2D eigenvalue weighted by Gasteiger charge is -2.48. The molecule has 2 amide bonds. The lowest BCUT2D eigenvalue weighted by molar-refractivity contribution is -0.138. The summed E-state index contributed by atoms with van der Waals surface area (Å²) in [4.78, 5) is 45.1. The summed E-state index contributed by atoms with van der Waals surface area (Å²) in [6.45, 7) is 9.71. The molecule has 3 saturated heterocycles. The number of nitrogens with zero attached hydrogens (tertiary/aromatic N) is 6. The fourth-order valence-corrected chi connectivity index (χ4v) is 9.30. The molecule has 48 heavy (non-hydrogen) atoms. The van der Waals surface area contributed by atoms with E-state index in [2.05, 4.69) is 63.1 Å². The molecule has 6 aliphatic rings. The first-order chi connectivity index (χ1) is 23.4. The molecular formula is C38H50N8O2. The lowest BCUT2D eigenvalue weighted by Crippen LogP contribution is -2.58. The van der Waals surface area contributed by atoms with Gasteiger partial charge in [0.1, 0.15) is 5.52 Å². The number of imidazole rings is 1. The average Bonchev–Trinajstić information content (AvgIpc) is 3.46. The Morgan fingerprint density at radius 1 is 1.00 bits per heavy atom. The molecule has 10 nitrogen and oxygen atoms in total. The number of carbonyl (C=O) groups excluding carboxylic acids is 2. The summed E-state index contributed by atoms with van der Waals surface area (Å²) in [5, 5.41) is 7.04. The predicted octanol–water partition coefficient (Wildman–Crippen LogP) is 5.09. The first-order valence-electron chi connectivity index (χ1n) is 18.8. The molecule has 6 heterocycles. The van der Waals surface area contributed by atoms with Gasteiger partial charge in [-0.3, -0.25) is 9.59 Å². The van der Waals surface area contributed by atoms with Crippen molar-refractivity contribution in [2.24, 2.45) is 5.92 Å². The van der Waals surface area contributed by atoms with Crippen LogP contribution in [-0.4, -0.2) is 93.5 Å². The van der Waals surface area contributed by atoms with Gasteiger partial charge in [0.15, 0.2) is 5.82 Å². The van der Waals surface area contributed by atoms with Crippen molar-refractivity contribution in [1.29, 1.82) is 0 Å². The number of rotatable bonds is 7. The van der Waals surface area contributed by atoms with Gasteiger partial charge in [-0.2, -0.15) is 0 Å². The van der Waals surface area contributed by atoms with Gasteiger partial charge < -0.3 is 29.9 Å². The lowest BCUT2D eigenvalue weighted by atomic mass is 9.73. The summed E-state index contributed by atoms with van der Waals surface area (Å²) in [7, 11) is 0.